The second-order valence-electron chi connectivity index (χ2n) is 3.63. The zero-order valence-corrected chi connectivity index (χ0v) is 12.3. The number of anilines is 2. The number of esters is 1. The molecule has 1 N–H and O–H groups in total. The molecule has 0 aliphatic heterocycles. The molecule has 0 radical (unpaired) electrons. The van der Waals surface area contributed by atoms with Crippen LogP contribution in [0.1, 0.15) is 15.2 Å². The Labute approximate surface area is 117 Å². The van der Waals surface area contributed by atoms with Gasteiger partial charge in [0.1, 0.15) is 4.88 Å². The Morgan fingerprint density at radius 2 is 2.28 bits per heavy atom. The van der Waals surface area contributed by atoms with Gasteiger partial charge in [-0.15, -0.1) is 0 Å². The highest BCUT2D eigenvalue weighted by molar-refractivity contribution is 9.10. The molecule has 0 fully saturated rings. The molecule has 94 valence electrons. The maximum absolute atomic E-state index is 11.3. The number of aryl methyl sites for hydroxylation is 1. The highest BCUT2D eigenvalue weighted by Gasteiger charge is 2.11. The van der Waals surface area contributed by atoms with Crippen molar-refractivity contribution < 1.29 is 9.53 Å². The molecule has 0 spiro atoms. The van der Waals surface area contributed by atoms with Crippen LogP contribution in [0.15, 0.2) is 28.9 Å². The molecule has 0 bridgehead atoms. The number of benzene rings is 1. The van der Waals surface area contributed by atoms with E-state index >= 15 is 0 Å². The van der Waals surface area contributed by atoms with Crippen LogP contribution in [-0.4, -0.2) is 18.1 Å². The van der Waals surface area contributed by atoms with Gasteiger partial charge in [0.25, 0.3) is 0 Å². The second-order valence-corrected chi connectivity index (χ2v) is 5.51. The lowest BCUT2D eigenvalue weighted by molar-refractivity contribution is 0.0606. The normalized spacial score (nSPS) is 10.2. The summed E-state index contributed by atoms with van der Waals surface area (Å²) in [5, 5.41) is 3.80. The smallest absolute Gasteiger partial charge is 0.349 e. The number of nitrogens with zero attached hydrogens (tertiary/aromatic N) is 1. The van der Waals surface area contributed by atoms with Crippen LogP contribution in [-0.2, 0) is 4.74 Å². The number of thiazole rings is 1. The Morgan fingerprint density at radius 1 is 1.50 bits per heavy atom. The predicted molar refractivity (Wildman–Crippen MR) is 75.6 cm³/mol. The third-order valence-corrected chi connectivity index (χ3v) is 3.81. The van der Waals surface area contributed by atoms with E-state index in [0.717, 1.165) is 10.2 Å². The second kappa shape index (κ2) is 5.49. The van der Waals surface area contributed by atoms with E-state index in [0.29, 0.717) is 10.0 Å². The Bertz CT molecular complexity index is 583. The number of ether oxygens (including phenoxy) is 1. The molecule has 1 heterocycles. The monoisotopic (exact) mass is 326 g/mol. The fourth-order valence-electron chi connectivity index (χ4n) is 1.36. The quantitative estimate of drug-likeness (QED) is 0.873. The van der Waals surface area contributed by atoms with Crippen molar-refractivity contribution in [3.05, 3.63) is 39.3 Å². The standard InChI is InChI=1S/C12H11BrN2O2S/c1-7-3-4-9(8(13)5-7)15-12-14-6-10(18-12)11(16)17-2/h3-6H,1-2H3,(H,14,15). The van der Waals surface area contributed by atoms with E-state index in [1.54, 1.807) is 0 Å². The van der Waals surface area contributed by atoms with Gasteiger partial charge in [-0.05, 0) is 40.5 Å². The van der Waals surface area contributed by atoms with Gasteiger partial charge in [-0.2, -0.15) is 0 Å². The predicted octanol–water partition coefficient (Wildman–Crippen LogP) is 3.74. The van der Waals surface area contributed by atoms with E-state index in [1.807, 2.05) is 25.1 Å². The van der Waals surface area contributed by atoms with Crippen molar-refractivity contribution in [3.8, 4) is 0 Å². The average molecular weight is 327 g/mol. The number of hydrogen-bond acceptors (Lipinski definition) is 5. The lowest BCUT2D eigenvalue weighted by atomic mass is 10.2. The minimum atomic E-state index is -0.372. The summed E-state index contributed by atoms with van der Waals surface area (Å²) in [7, 11) is 1.35. The summed E-state index contributed by atoms with van der Waals surface area (Å²) in [6, 6.07) is 5.97. The van der Waals surface area contributed by atoms with Crippen molar-refractivity contribution in [3.63, 3.8) is 0 Å². The van der Waals surface area contributed by atoms with Crippen LogP contribution in [0.3, 0.4) is 0 Å². The van der Waals surface area contributed by atoms with Gasteiger partial charge in [0, 0.05) is 4.47 Å². The molecule has 0 saturated heterocycles. The van der Waals surface area contributed by atoms with Crippen LogP contribution in [0.4, 0.5) is 10.8 Å². The van der Waals surface area contributed by atoms with E-state index < -0.39 is 0 Å². The summed E-state index contributed by atoms with van der Waals surface area (Å²) in [6.45, 7) is 2.02. The van der Waals surface area contributed by atoms with Crippen molar-refractivity contribution in [2.24, 2.45) is 0 Å². The Balaban J connectivity index is 2.18. The minimum Gasteiger partial charge on any atom is -0.465 e. The first-order valence-corrected chi connectivity index (χ1v) is 6.78. The molecule has 0 saturated carbocycles. The first-order valence-electron chi connectivity index (χ1n) is 5.17. The van der Waals surface area contributed by atoms with Gasteiger partial charge in [-0.1, -0.05) is 17.4 Å². The summed E-state index contributed by atoms with van der Waals surface area (Å²) in [6.07, 6.45) is 1.50. The van der Waals surface area contributed by atoms with Crippen molar-refractivity contribution in [1.82, 2.24) is 4.98 Å². The maximum atomic E-state index is 11.3. The van der Waals surface area contributed by atoms with Gasteiger partial charge in [-0.25, -0.2) is 9.78 Å². The fourth-order valence-corrected chi connectivity index (χ4v) is 2.70. The Kier molecular flexibility index (Phi) is 3.98. The van der Waals surface area contributed by atoms with E-state index in [1.165, 1.54) is 30.2 Å². The first-order chi connectivity index (χ1) is 8.60. The summed E-state index contributed by atoms with van der Waals surface area (Å²) < 4.78 is 5.59. The van der Waals surface area contributed by atoms with Gasteiger partial charge in [0.15, 0.2) is 5.13 Å². The molecule has 0 aliphatic rings. The lowest BCUT2D eigenvalue weighted by Crippen LogP contribution is -1.96. The number of aromatic nitrogens is 1. The molecule has 1 aromatic carbocycles. The van der Waals surface area contributed by atoms with Crippen molar-refractivity contribution in [2.75, 3.05) is 12.4 Å². The highest BCUT2D eigenvalue weighted by atomic mass is 79.9. The molecule has 2 rings (SSSR count). The molecule has 0 amide bonds. The molecular weight excluding hydrogens is 316 g/mol. The molecule has 4 nitrogen and oxygen atoms in total. The third kappa shape index (κ3) is 2.88. The molecule has 0 aliphatic carbocycles. The van der Waals surface area contributed by atoms with E-state index in [4.69, 9.17) is 0 Å². The maximum Gasteiger partial charge on any atom is 0.349 e. The molecule has 0 unspecified atom stereocenters. The van der Waals surface area contributed by atoms with Gasteiger partial charge in [0.2, 0.25) is 0 Å². The molecular formula is C12H11BrN2O2S. The molecule has 0 atom stereocenters. The summed E-state index contributed by atoms with van der Waals surface area (Å²) in [4.78, 5) is 15.9. The van der Waals surface area contributed by atoms with Crippen LogP contribution in [0.25, 0.3) is 0 Å². The van der Waals surface area contributed by atoms with E-state index in [9.17, 15) is 4.79 Å². The van der Waals surface area contributed by atoms with Crippen molar-refractivity contribution in [2.45, 2.75) is 6.92 Å². The number of halogens is 1. The van der Waals surface area contributed by atoms with Crippen LogP contribution in [0.2, 0.25) is 0 Å². The fraction of sp³-hybridized carbons (Fsp3) is 0.167. The van der Waals surface area contributed by atoms with Crippen molar-refractivity contribution in [1.29, 1.82) is 0 Å². The first kappa shape index (κ1) is 13.0. The van der Waals surface area contributed by atoms with Crippen LogP contribution >= 0.6 is 27.3 Å². The summed E-state index contributed by atoms with van der Waals surface area (Å²) in [5.74, 6) is -0.372. The molecule has 2 aromatic rings. The number of hydrogen-bond donors (Lipinski definition) is 1. The summed E-state index contributed by atoms with van der Waals surface area (Å²) in [5.41, 5.74) is 2.08. The van der Waals surface area contributed by atoms with Crippen LogP contribution in [0, 0.1) is 6.92 Å². The Morgan fingerprint density at radius 3 is 2.94 bits per heavy atom. The summed E-state index contributed by atoms with van der Waals surface area (Å²) >= 11 is 4.73. The number of carbonyl (C=O) groups excluding carboxylic acids is 1. The zero-order valence-electron chi connectivity index (χ0n) is 9.86. The number of methoxy groups -OCH3 is 1. The third-order valence-electron chi connectivity index (χ3n) is 2.26. The average Bonchev–Trinajstić information content (AvgIpc) is 2.80. The SMILES string of the molecule is COC(=O)c1cnc(Nc2ccc(C)cc2Br)s1. The molecule has 18 heavy (non-hydrogen) atoms. The zero-order chi connectivity index (χ0) is 13.1. The van der Waals surface area contributed by atoms with Crippen molar-refractivity contribution >= 4 is 44.1 Å². The number of carbonyl (C=O) groups is 1. The highest BCUT2D eigenvalue weighted by Crippen LogP contribution is 2.29. The van der Waals surface area contributed by atoms with E-state index in [2.05, 4.69) is 31.0 Å². The topological polar surface area (TPSA) is 51.2 Å². The number of nitrogens with one attached hydrogen (secondary N) is 1. The van der Waals surface area contributed by atoms with Crippen LogP contribution in [0.5, 0.6) is 0 Å². The largest absolute Gasteiger partial charge is 0.465 e. The van der Waals surface area contributed by atoms with Gasteiger partial charge in [-0.3, -0.25) is 0 Å². The number of rotatable bonds is 3. The van der Waals surface area contributed by atoms with E-state index in [-0.39, 0.29) is 5.97 Å². The minimum absolute atomic E-state index is 0.372. The lowest BCUT2D eigenvalue weighted by Gasteiger charge is -2.05. The molecule has 1 aromatic heterocycles. The van der Waals surface area contributed by atoms with Gasteiger partial charge >= 0.3 is 5.97 Å². The van der Waals surface area contributed by atoms with Gasteiger partial charge < -0.3 is 10.1 Å². The molecule has 6 heteroatoms. The van der Waals surface area contributed by atoms with Crippen LogP contribution < -0.4 is 5.32 Å². The van der Waals surface area contributed by atoms with Gasteiger partial charge in [0.05, 0.1) is 19.0 Å². The Hall–Kier alpha value is -1.40.